The molecule has 21 heavy (non-hydrogen) atoms. The third-order valence-electron chi connectivity index (χ3n) is 3.96. The Balaban J connectivity index is 1.54. The molecule has 2 aromatic rings. The maximum absolute atomic E-state index is 6.11. The molecule has 2 nitrogen and oxygen atoms in total. The minimum absolute atomic E-state index is 0.489. The van der Waals surface area contributed by atoms with Gasteiger partial charge in [0.25, 0.3) is 0 Å². The summed E-state index contributed by atoms with van der Waals surface area (Å²) >= 11 is 6.11. The van der Waals surface area contributed by atoms with Gasteiger partial charge in [-0.25, -0.2) is 0 Å². The van der Waals surface area contributed by atoms with E-state index in [0.717, 1.165) is 43.3 Å². The van der Waals surface area contributed by atoms with Crippen LogP contribution in [0, 0.1) is 0 Å². The number of benzene rings is 2. The Kier molecular flexibility index (Phi) is 4.79. The Labute approximate surface area is 131 Å². The standard InChI is InChI=1S/C18H20ClNO/c19-16-6-7-18-17(12-16)15(9-11-21-18)13-20-10-8-14-4-2-1-3-5-14/h1-7,12,15,20H,8-11,13H2. The second-order valence-electron chi connectivity index (χ2n) is 5.46. The smallest absolute Gasteiger partial charge is 0.122 e. The predicted octanol–water partition coefficient (Wildman–Crippen LogP) is 4.04. The van der Waals surface area contributed by atoms with E-state index in [1.807, 2.05) is 18.2 Å². The first-order chi connectivity index (χ1) is 10.3. The predicted molar refractivity (Wildman–Crippen MR) is 87.3 cm³/mol. The van der Waals surface area contributed by atoms with Crippen LogP contribution in [0.25, 0.3) is 0 Å². The van der Waals surface area contributed by atoms with Crippen LogP contribution in [0.1, 0.15) is 23.5 Å². The van der Waals surface area contributed by atoms with Crippen LogP contribution in [0.3, 0.4) is 0 Å². The van der Waals surface area contributed by atoms with E-state index in [2.05, 4.69) is 35.6 Å². The summed E-state index contributed by atoms with van der Waals surface area (Å²) in [5, 5.41) is 4.35. The molecule has 0 aliphatic carbocycles. The van der Waals surface area contributed by atoms with Crippen LogP contribution >= 0.6 is 11.6 Å². The highest BCUT2D eigenvalue weighted by atomic mass is 35.5. The fourth-order valence-electron chi connectivity index (χ4n) is 2.80. The molecule has 0 fully saturated rings. The molecule has 0 bridgehead atoms. The first kappa shape index (κ1) is 14.4. The van der Waals surface area contributed by atoms with Gasteiger partial charge in [-0.2, -0.15) is 0 Å². The van der Waals surface area contributed by atoms with Gasteiger partial charge in [-0.3, -0.25) is 0 Å². The molecule has 1 atom stereocenters. The Morgan fingerprint density at radius 3 is 2.86 bits per heavy atom. The summed E-state index contributed by atoms with van der Waals surface area (Å²) in [4.78, 5) is 0. The Bertz CT molecular complexity index is 585. The lowest BCUT2D eigenvalue weighted by Crippen LogP contribution is -2.27. The molecule has 110 valence electrons. The molecule has 3 rings (SSSR count). The Morgan fingerprint density at radius 2 is 2.00 bits per heavy atom. The lowest BCUT2D eigenvalue weighted by atomic mass is 9.93. The highest BCUT2D eigenvalue weighted by Crippen LogP contribution is 2.35. The topological polar surface area (TPSA) is 21.3 Å². The molecule has 0 aromatic heterocycles. The third-order valence-corrected chi connectivity index (χ3v) is 4.19. The lowest BCUT2D eigenvalue weighted by Gasteiger charge is -2.26. The molecule has 1 N–H and O–H groups in total. The summed E-state index contributed by atoms with van der Waals surface area (Å²) < 4.78 is 5.70. The average Bonchev–Trinajstić information content (AvgIpc) is 2.53. The van der Waals surface area contributed by atoms with Gasteiger partial charge in [0.05, 0.1) is 6.61 Å². The van der Waals surface area contributed by atoms with Gasteiger partial charge in [-0.05, 0) is 43.1 Å². The van der Waals surface area contributed by atoms with Crippen molar-refractivity contribution in [2.45, 2.75) is 18.8 Å². The molecule has 3 heteroatoms. The monoisotopic (exact) mass is 301 g/mol. The van der Waals surface area contributed by atoms with E-state index in [-0.39, 0.29) is 0 Å². The van der Waals surface area contributed by atoms with Gasteiger partial charge >= 0.3 is 0 Å². The van der Waals surface area contributed by atoms with Crippen LogP contribution in [0.15, 0.2) is 48.5 Å². The molecule has 0 saturated carbocycles. The largest absolute Gasteiger partial charge is 0.493 e. The van der Waals surface area contributed by atoms with E-state index in [1.165, 1.54) is 11.1 Å². The molecule has 1 aliphatic heterocycles. The van der Waals surface area contributed by atoms with E-state index in [4.69, 9.17) is 16.3 Å². The first-order valence-corrected chi connectivity index (χ1v) is 7.87. The van der Waals surface area contributed by atoms with Gasteiger partial charge in [0.2, 0.25) is 0 Å². The van der Waals surface area contributed by atoms with Crippen molar-refractivity contribution < 1.29 is 4.74 Å². The summed E-state index contributed by atoms with van der Waals surface area (Å²) in [5.74, 6) is 1.48. The van der Waals surface area contributed by atoms with Crippen molar-refractivity contribution in [2.24, 2.45) is 0 Å². The minimum Gasteiger partial charge on any atom is -0.493 e. The van der Waals surface area contributed by atoms with Gasteiger partial charge in [0, 0.05) is 23.0 Å². The molecule has 0 radical (unpaired) electrons. The number of hydrogen-bond acceptors (Lipinski definition) is 2. The number of fused-ring (bicyclic) bond motifs is 1. The highest BCUT2D eigenvalue weighted by molar-refractivity contribution is 6.30. The van der Waals surface area contributed by atoms with Crippen molar-refractivity contribution in [3.05, 3.63) is 64.7 Å². The maximum Gasteiger partial charge on any atom is 0.122 e. The SMILES string of the molecule is Clc1ccc2c(c1)C(CNCCc1ccccc1)CCO2. The van der Waals surface area contributed by atoms with E-state index >= 15 is 0 Å². The van der Waals surface area contributed by atoms with Crippen molar-refractivity contribution in [1.82, 2.24) is 5.32 Å². The van der Waals surface area contributed by atoms with Crippen LogP contribution in [0.4, 0.5) is 0 Å². The number of hydrogen-bond donors (Lipinski definition) is 1. The molecule has 1 unspecified atom stereocenters. The van der Waals surface area contributed by atoms with Gasteiger partial charge in [-0.15, -0.1) is 0 Å². The van der Waals surface area contributed by atoms with Crippen LogP contribution in [0.2, 0.25) is 5.02 Å². The van der Waals surface area contributed by atoms with E-state index < -0.39 is 0 Å². The first-order valence-electron chi connectivity index (χ1n) is 7.50. The van der Waals surface area contributed by atoms with Gasteiger partial charge in [0.1, 0.15) is 5.75 Å². The van der Waals surface area contributed by atoms with Crippen molar-refractivity contribution in [1.29, 1.82) is 0 Å². The maximum atomic E-state index is 6.11. The van der Waals surface area contributed by atoms with Crippen LogP contribution in [-0.4, -0.2) is 19.7 Å². The van der Waals surface area contributed by atoms with E-state index in [9.17, 15) is 0 Å². The average molecular weight is 302 g/mol. The zero-order valence-electron chi connectivity index (χ0n) is 12.0. The quantitative estimate of drug-likeness (QED) is 0.842. The lowest BCUT2D eigenvalue weighted by molar-refractivity contribution is 0.265. The molecule has 1 heterocycles. The third kappa shape index (κ3) is 3.78. The normalized spacial score (nSPS) is 17.1. The second-order valence-corrected chi connectivity index (χ2v) is 5.89. The fourth-order valence-corrected chi connectivity index (χ4v) is 2.98. The highest BCUT2D eigenvalue weighted by Gasteiger charge is 2.21. The summed E-state index contributed by atoms with van der Waals surface area (Å²) in [7, 11) is 0. The van der Waals surface area contributed by atoms with Crippen molar-refractivity contribution in [3.63, 3.8) is 0 Å². The molecule has 0 amide bonds. The molecular weight excluding hydrogens is 282 g/mol. The number of rotatable bonds is 5. The zero-order chi connectivity index (χ0) is 14.5. The minimum atomic E-state index is 0.489. The molecule has 0 spiro atoms. The number of halogens is 1. The Morgan fingerprint density at radius 1 is 1.14 bits per heavy atom. The molecular formula is C18H20ClNO. The van der Waals surface area contributed by atoms with Gasteiger partial charge in [-0.1, -0.05) is 41.9 Å². The molecule has 2 aromatic carbocycles. The van der Waals surface area contributed by atoms with Crippen LogP contribution in [0.5, 0.6) is 5.75 Å². The van der Waals surface area contributed by atoms with E-state index in [1.54, 1.807) is 0 Å². The van der Waals surface area contributed by atoms with E-state index in [0.29, 0.717) is 5.92 Å². The van der Waals surface area contributed by atoms with Crippen LogP contribution < -0.4 is 10.1 Å². The van der Waals surface area contributed by atoms with Crippen molar-refractivity contribution in [3.8, 4) is 5.75 Å². The zero-order valence-corrected chi connectivity index (χ0v) is 12.8. The van der Waals surface area contributed by atoms with Gasteiger partial charge < -0.3 is 10.1 Å². The van der Waals surface area contributed by atoms with Crippen molar-refractivity contribution >= 4 is 11.6 Å². The summed E-state index contributed by atoms with van der Waals surface area (Å²) in [6, 6.07) is 16.5. The van der Waals surface area contributed by atoms with Gasteiger partial charge in [0.15, 0.2) is 0 Å². The van der Waals surface area contributed by atoms with Crippen molar-refractivity contribution in [2.75, 3.05) is 19.7 Å². The van der Waals surface area contributed by atoms with Crippen LogP contribution in [-0.2, 0) is 6.42 Å². The number of ether oxygens (including phenoxy) is 1. The fraction of sp³-hybridized carbons (Fsp3) is 0.333. The molecule has 0 saturated heterocycles. The molecule has 1 aliphatic rings. The summed E-state index contributed by atoms with van der Waals surface area (Å²) in [6.07, 6.45) is 2.11. The Hall–Kier alpha value is -1.51. The summed E-state index contributed by atoms with van der Waals surface area (Å²) in [5.41, 5.74) is 2.61. The summed E-state index contributed by atoms with van der Waals surface area (Å²) in [6.45, 7) is 2.76. The number of nitrogens with one attached hydrogen (secondary N) is 1. The second kappa shape index (κ2) is 6.97.